The molecule has 168 valence electrons. The van der Waals surface area contributed by atoms with Gasteiger partial charge >= 0.3 is 0 Å². The molecule has 0 aromatic heterocycles. The van der Waals surface area contributed by atoms with E-state index in [1.165, 1.54) is 43.2 Å². The van der Waals surface area contributed by atoms with Crippen LogP contribution >= 0.6 is 0 Å². The fourth-order valence-corrected chi connectivity index (χ4v) is 4.31. The number of hydrogen-bond acceptors (Lipinski definition) is 3. The molecule has 0 saturated heterocycles. The summed E-state index contributed by atoms with van der Waals surface area (Å²) in [7, 11) is 0. The summed E-state index contributed by atoms with van der Waals surface area (Å²) in [6, 6.07) is 10.2. The van der Waals surface area contributed by atoms with E-state index in [0.717, 1.165) is 35.5 Å². The van der Waals surface area contributed by atoms with Gasteiger partial charge < -0.3 is 14.8 Å². The molecule has 1 N–H and O–H groups in total. The van der Waals surface area contributed by atoms with E-state index in [1.807, 2.05) is 25.1 Å². The van der Waals surface area contributed by atoms with E-state index in [9.17, 15) is 4.79 Å². The summed E-state index contributed by atoms with van der Waals surface area (Å²) in [6.45, 7) is 9.15. The summed E-state index contributed by atoms with van der Waals surface area (Å²) >= 11 is 0. The summed E-state index contributed by atoms with van der Waals surface area (Å²) < 4.78 is 12.0. The molecule has 0 spiro atoms. The van der Waals surface area contributed by atoms with Crippen LogP contribution in [0.25, 0.3) is 0 Å². The smallest absolute Gasteiger partial charge is 0.251 e. The van der Waals surface area contributed by atoms with Crippen molar-refractivity contribution in [3.05, 3.63) is 58.1 Å². The Morgan fingerprint density at radius 2 is 1.65 bits per heavy atom. The van der Waals surface area contributed by atoms with E-state index >= 15 is 0 Å². The summed E-state index contributed by atoms with van der Waals surface area (Å²) in [5.74, 6) is 1.65. The lowest BCUT2D eigenvalue weighted by molar-refractivity contribution is 0.0930. The van der Waals surface area contributed by atoms with Crippen molar-refractivity contribution in [2.45, 2.75) is 85.3 Å². The highest BCUT2D eigenvalue weighted by Crippen LogP contribution is 2.27. The van der Waals surface area contributed by atoms with Crippen LogP contribution in [-0.2, 0) is 6.61 Å². The van der Waals surface area contributed by atoms with Crippen LogP contribution in [-0.4, -0.2) is 18.6 Å². The molecule has 3 rings (SSSR count). The van der Waals surface area contributed by atoms with Gasteiger partial charge in [0.2, 0.25) is 0 Å². The predicted octanol–water partition coefficient (Wildman–Crippen LogP) is 6.43. The lowest BCUT2D eigenvalue weighted by Crippen LogP contribution is -2.35. The van der Waals surface area contributed by atoms with Gasteiger partial charge in [0.05, 0.1) is 6.61 Å². The second-order valence-corrected chi connectivity index (χ2v) is 8.76. The standard InChI is InChI=1S/C27H37NO3/c1-5-30-25-14-13-22(27(29)28-24-11-9-7-6-8-10-12-24)17-23(25)18-31-26-16-19(2)15-20(3)21(26)4/h13-17,24H,5-12,18H2,1-4H3,(H,28,29). The molecule has 0 heterocycles. The van der Waals surface area contributed by atoms with Crippen LogP contribution in [0, 0.1) is 20.8 Å². The number of carbonyl (C=O) groups excluding carboxylic acids is 1. The molecule has 1 amide bonds. The second kappa shape index (κ2) is 11.2. The van der Waals surface area contributed by atoms with E-state index in [2.05, 4.69) is 38.2 Å². The monoisotopic (exact) mass is 423 g/mol. The number of amides is 1. The Balaban J connectivity index is 1.74. The molecule has 0 unspecified atom stereocenters. The summed E-state index contributed by atoms with van der Waals surface area (Å²) in [5, 5.41) is 3.26. The van der Waals surface area contributed by atoms with Crippen molar-refractivity contribution in [1.82, 2.24) is 5.32 Å². The number of rotatable bonds is 7. The number of nitrogens with one attached hydrogen (secondary N) is 1. The Labute approximate surface area is 187 Å². The fraction of sp³-hybridized carbons (Fsp3) is 0.519. The molecule has 2 aromatic rings. The number of carbonyl (C=O) groups is 1. The van der Waals surface area contributed by atoms with Crippen LogP contribution in [0.1, 0.15) is 84.5 Å². The maximum absolute atomic E-state index is 13.0. The van der Waals surface area contributed by atoms with Gasteiger partial charge in [0.15, 0.2) is 0 Å². The molecular weight excluding hydrogens is 386 g/mol. The third-order valence-electron chi connectivity index (χ3n) is 6.21. The lowest BCUT2D eigenvalue weighted by Gasteiger charge is -2.21. The van der Waals surface area contributed by atoms with Gasteiger partial charge in [0.1, 0.15) is 18.1 Å². The number of ether oxygens (including phenoxy) is 2. The first-order chi connectivity index (χ1) is 15.0. The van der Waals surface area contributed by atoms with Crippen molar-refractivity contribution in [3.8, 4) is 11.5 Å². The molecular formula is C27H37NO3. The second-order valence-electron chi connectivity index (χ2n) is 8.76. The van der Waals surface area contributed by atoms with Crippen LogP contribution in [0.5, 0.6) is 11.5 Å². The quantitative estimate of drug-likeness (QED) is 0.558. The average molecular weight is 424 g/mol. The third-order valence-corrected chi connectivity index (χ3v) is 6.21. The molecule has 4 nitrogen and oxygen atoms in total. The molecule has 0 bridgehead atoms. The molecule has 1 saturated carbocycles. The highest BCUT2D eigenvalue weighted by Gasteiger charge is 2.17. The Kier molecular flexibility index (Phi) is 8.39. The Bertz CT molecular complexity index is 882. The number of aryl methyl sites for hydroxylation is 2. The fourth-order valence-electron chi connectivity index (χ4n) is 4.31. The minimum Gasteiger partial charge on any atom is -0.493 e. The zero-order valence-corrected chi connectivity index (χ0v) is 19.6. The summed E-state index contributed by atoms with van der Waals surface area (Å²) in [6.07, 6.45) is 8.41. The van der Waals surface area contributed by atoms with Crippen molar-refractivity contribution in [2.24, 2.45) is 0 Å². The van der Waals surface area contributed by atoms with Crippen molar-refractivity contribution < 1.29 is 14.3 Å². The zero-order valence-electron chi connectivity index (χ0n) is 19.6. The Hall–Kier alpha value is -2.49. The van der Waals surface area contributed by atoms with Crippen LogP contribution < -0.4 is 14.8 Å². The number of hydrogen-bond donors (Lipinski definition) is 1. The highest BCUT2D eigenvalue weighted by atomic mass is 16.5. The first-order valence-corrected chi connectivity index (χ1v) is 11.7. The van der Waals surface area contributed by atoms with Gasteiger partial charge in [-0.15, -0.1) is 0 Å². The van der Waals surface area contributed by atoms with Gasteiger partial charge in [-0.3, -0.25) is 4.79 Å². The molecule has 1 fully saturated rings. The Morgan fingerprint density at radius 3 is 2.35 bits per heavy atom. The van der Waals surface area contributed by atoms with Gasteiger partial charge in [0, 0.05) is 17.2 Å². The molecule has 0 radical (unpaired) electrons. The van der Waals surface area contributed by atoms with E-state index in [1.54, 1.807) is 0 Å². The first kappa shape index (κ1) is 23.2. The van der Waals surface area contributed by atoms with E-state index in [4.69, 9.17) is 9.47 Å². The van der Waals surface area contributed by atoms with E-state index in [0.29, 0.717) is 18.8 Å². The highest BCUT2D eigenvalue weighted by molar-refractivity contribution is 5.94. The lowest BCUT2D eigenvalue weighted by atomic mass is 9.96. The van der Waals surface area contributed by atoms with Crippen molar-refractivity contribution in [1.29, 1.82) is 0 Å². The van der Waals surface area contributed by atoms with E-state index < -0.39 is 0 Å². The molecule has 4 heteroatoms. The maximum atomic E-state index is 13.0. The third kappa shape index (κ3) is 6.49. The van der Waals surface area contributed by atoms with Crippen molar-refractivity contribution in [3.63, 3.8) is 0 Å². The van der Waals surface area contributed by atoms with Crippen LogP contribution in [0.15, 0.2) is 30.3 Å². The van der Waals surface area contributed by atoms with Gasteiger partial charge in [-0.1, -0.05) is 38.2 Å². The van der Waals surface area contributed by atoms with Gasteiger partial charge in [-0.05, 0) is 81.5 Å². The minimum absolute atomic E-state index is 0.00236. The van der Waals surface area contributed by atoms with Gasteiger partial charge in [0.25, 0.3) is 5.91 Å². The first-order valence-electron chi connectivity index (χ1n) is 11.7. The normalized spacial score (nSPS) is 15.1. The zero-order chi connectivity index (χ0) is 22.2. The topological polar surface area (TPSA) is 47.6 Å². The van der Waals surface area contributed by atoms with Crippen LogP contribution in [0.4, 0.5) is 0 Å². The summed E-state index contributed by atoms with van der Waals surface area (Å²) in [4.78, 5) is 13.0. The maximum Gasteiger partial charge on any atom is 0.251 e. The van der Waals surface area contributed by atoms with Crippen molar-refractivity contribution in [2.75, 3.05) is 6.61 Å². The molecule has 2 aromatic carbocycles. The van der Waals surface area contributed by atoms with E-state index in [-0.39, 0.29) is 11.9 Å². The molecule has 31 heavy (non-hydrogen) atoms. The SMILES string of the molecule is CCOc1ccc(C(=O)NC2CCCCCCC2)cc1COc1cc(C)cc(C)c1C. The molecule has 0 aliphatic heterocycles. The average Bonchev–Trinajstić information content (AvgIpc) is 2.72. The molecule has 1 aliphatic rings. The van der Waals surface area contributed by atoms with Crippen LogP contribution in [0.3, 0.4) is 0 Å². The van der Waals surface area contributed by atoms with Gasteiger partial charge in [-0.2, -0.15) is 0 Å². The Morgan fingerprint density at radius 1 is 0.935 bits per heavy atom. The van der Waals surface area contributed by atoms with Gasteiger partial charge in [-0.25, -0.2) is 0 Å². The molecule has 0 atom stereocenters. The minimum atomic E-state index is -0.00236. The molecule has 1 aliphatic carbocycles. The summed E-state index contributed by atoms with van der Waals surface area (Å²) in [5.41, 5.74) is 5.09. The van der Waals surface area contributed by atoms with Crippen molar-refractivity contribution >= 4 is 5.91 Å². The largest absolute Gasteiger partial charge is 0.493 e. The predicted molar refractivity (Wildman–Crippen MR) is 126 cm³/mol. The van der Waals surface area contributed by atoms with Crippen LogP contribution in [0.2, 0.25) is 0 Å². The number of benzene rings is 2.